The zero-order valence-corrected chi connectivity index (χ0v) is 20.9. The normalized spacial score (nSPS) is 12.0. The molecule has 9 nitrogen and oxygen atoms in total. The molecule has 0 aliphatic heterocycles. The largest absolute Gasteiger partial charge is 0.463 e. The number of anilines is 1. The van der Waals surface area contributed by atoms with Crippen LogP contribution >= 0.6 is 11.3 Å². The van der Waals surface area contributed by atoms with Crippen molar-refractivity contribution in [3.8, 4) is 22.9 Å². The highest BCUT2D eigenvalue weighted by molar-refractivity contribution is 7.22. The van der Waals surface area contributed by atoms with E-state index in [2.05, 4.69) is 10.3 Å². The Morgan fingerprint density at radius 3 is 2.24 bits per heavy atom. The van der Waals surface area contributed by atoms with E-state index in [4.69, 9.17) is 23.5 Å². The third kappa shape index (κ3) is 4.53. The van der Waals surface area contributed by atoms with Gasteiger partial charge in [-0.1, -0.05) is 30.4 Å². The van der Waals surface area contributed by atoms with Crippen molar-refractivity contribution in [1.82, 2.24) is 15.0 Å². The molecule has 4 aromatic heterocycles. The van der Waals surface area contributed by atoms with Gasteiger partial charge >= 0.3 is 5.97 Å². The lowest BCUT2D eigenvalue weighted by atomic mass is 10.1. The first-order valence-electron chi connectivity index (χ1n) is 11.9. The Morgan fingerprint density at radius 1 is 0.868 bits per heavy atom. The van der Waals surface area contributed by atoms with Crippen LogP contribution < -0.4 is 5.32 Å². The Balaban J connectivity index is 1.25. The second-order valence-corrected chi connectivity index (χ2v) is 9.39. The number of carbonyl (C=O) groups is 2. The van der Waals surface area contributed by atoms with Gasteiger partial charge in [0.25, 0.3) is 5.91 Å². The molecule has 38 heavy (non-hydrogen) atoms. The molecule has 188 valence electrons. The van der Waals surface area contributed by atoms with Crippen LogP contribution in [0.25, 0.3) is 44.2 Å². The molecular weight excluding hydrogens is 504 g/mol. The summed E-state index contributed by atoms with van der Waals surface area (Å²) in [5, 5.41) is 3.21. The minimum absolute atomic E-state index is 0.245. The van der Waals surface area contributed by atoms with Crippen LogP contribution in [0.5, 0.6) is 0 Å². The smallest absolute Gasteiger partial charge is 0.338 e. The van der Waals surface area contributed by atoms with E-state index in [1.807, 2.05) is 24.3 Å². The van der Waals surface area contributed by atoms with Gasteiger partial charge in [-0.3, -0.25) is 10.1 Å². The minimum Gasteiger partial charge on any atom is -0.463 e. The van der Waals surface area contributed by atoms with Crippen molar-refractivity contribution in [3.05, 3.63) is 84.8 Å². The van der Waals surface area contributed by atoms with E-state index < -0.39 is 18.0 Å². The van der Waals surface area contributed by atoms with Crippen molar-refractivity contribution < 1.29 is 23.2 Å². The van der Waals surface area contributed by atoms with E-state index in [0.717, 1.165) is 10.2 Å². The van der Waals surface area contributed by atoms with Crippen LogP contribution in [0.4, 0.5) is 5.13 Å². The molecule has 0 saturated heterocycles. The molecule has 4 heterocycles. The van der Waals surface area contributed by atoms with Gasteiger partial charge in [-0.15, -0.1) is 0 Å². The number of aromatic nitrogens is 3. The van der Waals surface area contributed by atoms with E-state index in [1.165, 1.54) is 11.3 Å². The van der Waals surface area contributed by atoms with E-state index in [0.29, 0.717) is 45.5 Å². The van der Waals surface area contributed by atoms with Crippen LogP contribution in [0.2, 0.25) is 0 Å². The number of carbonyl (C=O) groups excluding carboxylic acids is 2. The van der Waals surface area contributed by atoms with Gasteiger partial charge in [0.1, 0.15) is 11.4 Å². The van der Waals surface area contributed by atoms with Crippen molar-refractivity contribution in [2.24, 2.45) is 0 Å². The van der Waals surface area contributed by atoms with Gasteiger partial charge in [0.2, 0.25) is 0 Å². The second-order valence-electron chi connectivity index (χ2n) is 8.36. The molecule has 1 N–H and O–H groups in total. The van der Waals surface area contributed by atoms with Gasteiger partial charge in [-0.05, 0) is 61.0 Å². The first kappa shape index (κ1) is 23.6. The van der Waals surface area contributed by atoms with Gasteiger partial charge in [-0.25, -0.2) is 19.7 Å². The van der Waals surface area contributed by atoms with Gasteiger partial charge in [0, 0.05) is 0 Å². The number of nitrogens with zero attached hydrogens (tertiary/aromatic N) is 3. The van der Waals surface area contributed by atoms with E-state index in [-0.39, 0.29) is 5.56 Å². The van der Waals surface area contributed by atoms with Gasteiger partial charge in [0.15, 0.2) is 22.8 Å². The Labute approximate surface area is 220 Å². The van der Waals surface area contributed by atoms with Crippen LogP contribution in [0.1, 0.15) is 23.7 Å². The van der Waals surface area contributed by atoms with Crippen molar-refractivity contribution in [3.63, 3.8) is 0 Å². The van der Waals surface area contributed by atoms with Gasteiger partial charge in [0.05, 0.1) is 39.3 Å². The lowest BCUT2D eigenvalue weighted by Crippen LogP contribution is -2.32. The Hall–Kier alpha value is -4.83. The number of hydrogen-bond donors (Lipinski definition) is 1. The van der Waals surface area contributed by atoms with Crippen molar-refractivity contribution in [1.29, 1.82) is 0 Å². The molecule has 0 radical (unpaired) electrons. The van der Waals surface area contributed by atoms with Crippen molar-refractivity contribution in [2.75, 3.05) is 5.32 Å². The first-order chi connectivity index (χ1) is 18.6. The summed E-state index contributed by atoms with van der Waals surface area (Å²) in [5.74, 6) is -0.0334. The predicted octanol–water partition coefficient (Wildman–Crippen LogP) is 6.33. The number of para-hydroxylation sites is 1. The van der Waals surface area contributed by atoms with Crippen LogP contribution in [0.15, 0.2) is 88.1 Å². The molecule has 1 atom stereocenters. The van der Waals surface area contributed by atoms with Gasteiger partial charge in [-0.2, -0.15) is 0 Å². The highest BCUT2D eigenvalue weighted by atomic mass is 32.1. The molecule has 0 spiro atoms. The maximum absolute atomic E-state index is 13.0. The number of ether oxygens (including phenoxy) is 1. The van der Waals surface area contributed by atoms with Crippen LogP contribution in [0.3, 0.4) is 0 Å². The number of benzene rings is 2. The summed E-state index contributed by atoms with van der Waals surface area (Å²) >= 11 is 1.36. The number of nitrogens with one attached hydrogen (secondary N) is 1. The second kappa shape index (κ2) is 9.91. The molecule has 0 fully saturated rings. The topological polar surface area (TPSA) is 120 Å². The summed E-state index contributed by atoms with van der Waals surface area (Å²) in [6, 6.07) is 19.5. The highest BCUT2D eigenvalue weighted by Crippen LogP contribution is 2.32. The third-order valence-electron chi connectivity index (χ3n) is 5.85. The van der Waals surface area contributed by atoms with Crippen molar-refractivity contribution >= 4 is 49.6 Å². The summed E-state index contributed by atoms with van der Waals surface area (Å²) in [6.45, 7) is 1.77. The number of hydrogen-bond acceptors (Lipinski definition) is 9. The van der Waals surface area contributed by atoms with Crippen LogP contribution in [0, 0.1) is 0 Å². The quantitative estimate of drug-likeness (QED) is 0.240. The molecule has 0 bridgehead atoms. The lowest BCUT2D eigenvalue weighted by Gasteiger charge is -2.15. The van der Waals surface area contributed by atoms with E-state index >= 15 is 0 Å². The Bertz CT molecular complexity index is 1730. The highest BCUT2D eigenvalue weighted by Gasteiger charge is 2.24. The lowest BCUT2D eigenvalue weighted by molar-refractivity contribution is -0.124. The standard InChI is InChI=1S/C28H20N4O5S/c1-2-20(26(33)32-28-31-18-7-3-4-10-23(18)38-28)37-27(34)16-11-12-17-19(15-16)30-25(22-9-6-14-36-22)24(29-17)21-8-5-13-35-21/h3-15,20H,2H2,1H3,(H,31,32,33). The molecule has 2 aromatic carbocycles. The molecule has 0 aliphatic carbocycles. The number of amides is 1. The summed E-state index contributed by atoms with van der Waals surface area (Å²) in [6.07, 6.45) is 2.41. The molecular formula is C28H20N4O5S. The number of thiazole rings is 1. The molecule has 6 rings (SSSR count). The number of rotatable bonds is 7. The zero-order valence-electron chi connectivity index (χ0n) is 20.1. The fourth-order valence-corrected chi connectivity index (χ4v) is 4.85. The summed E-state index contributed by atoms with van der Waals surface area (Å²) in [4.78, 5) is 39.7. The van der Waals surface area contributed by atoms with Crippen molar-refractivity contribution in [2.45, 2.75) is 19.4 Å². The SMILES string of the molecule is CCC(OC(=O)c1ccc2nc(-c3ccco3)c(-c3ccco3)nc2c1)C(=O)Nc1nc2ccccc2s1. The Morgan fingerprint density at radius 2 is 1.58 bits per heavy atom. The summed E-state index contributed by atoms with van der Waals surface area (Å²) in [7, 11) is 0. The van der Waals surface area contributed by atoms with E-state index in [1.54, 1.807) is 61.9 Å². The molecule has 6 aromatic rings. The number of furan rings is 2. The maximum Gasteiger partial charge on any atom is 0.338 e. The Kier molecular flexibility index (Phi) is 6.14. The molecule has 10 heteroatoms. The zero-order chi connectivity index (χ0) is 26.1. The third-order valence-corrected chi connectivity index (χ3v) is 6.80. The maximum atomic E-state index is 13.0. The molecule has 0 aliphatic rings. The fraction of sp³-hybridized carbons (Fsp3) is 0.107. The predicted molar refractivity (Wildman–Crippen MR) is 143 cm³/mol. The average Bonchev–Trinajstić information content (AvgIpc) is 3.72. The first-order valence-corrected chi connectivity index (χ1v) is 12.7. The molecule has 0 saturated carbocycles. The number of fused-ring (bicyclic) bond motifs is 2. The molecule has 1 amide bonds. The molecule has 1 unspecified atom stereocenters. The fourth-order valence-electron chi connectivity index (χ4n) is 3.98. The van der Waals surface area contributed by atoms with Crippen LogP contribution in [-0.2, 0) is 9.53 Å². The summed E-state index contributed by atoms with van der Waals surface area (Å²) < 4.78 is 17.6. The van der Waals surface area contributed by atoms with E-state index in [9.17, 15) is 9.59 Å². The summed E-state index contributed by atoms with van der Waals surface area (Å²) in [5.41, 5.74) is 3.06. The minimum atomic E-state index is -0.990. The van der Waals surface area contributed by atoms with Gasteiger partial charge < -0.3 is 13.6 Å². The average molecular weight is 525 g/mol. The number of esters is 1. The van der Waals surface area contributed by atoms with Crippen LogP contribution in [-0.4, -0.2) is 32.9 Å². The monoisotopic (exact) mass is 524 g/mol.